The minimum Gasteiger partial charge on any atom is -0.449 e. The highest BCUT2D eigenvalue weighted by atomic mass is 28.4. The zero-order chi connectivity index (χ0) is 41.2. The molecule has 0 bridgehead atoms. The molecule has 0 spiro atoms. The van der Waals surface area contributed by atoms with Crippen molar-refractivity contribution < 1.29 is 23.9 Å². The molecule has 312 valence electrons. The summed E-state index contributed by atoms with van der Waals surface area (Å²) in [5.41, 5.74) is 4.49. The molecule has 0 aromatic heterocycles. The molecule has 0 fully saturated rings. The summed E-state index contributed by atoms with van der Waals surface area (Å²) >= 11 is 0. The molecule has 3 N–H and O–H groups in total. The lowest BCUT2D eigenvalue weighted by Crippen LogP contribution is -2.67. The lowest BCUT2D eigenvalue weighted by molar-refractivity contribution is -0.124. The molecule has 5 rings (SSSR count). The van der Waals surface area contributed by atoms with Gasteiger partial charge in [-0.25, -0.2) is 4.79 Å². The van der Waals surface area contributed by atoms with E-state index in [0.29, 0.717) is 13.0 Å². The molecule has 2 atom stereocenters. The van der Waals surface area contributed by atoms with Gasteiger partial charge in [0.2, 0.25) is 5.91 Å². The van der Waals surface area contributed by atoms with Gasteiger partial charge in [0.05, 0.1) is 6.61 Å². The number of unbranched alkanes of at least 4 members (excludes halogenated alkanes) is 10. The van der Waals surface area contributed by atoms with Crippen LogP contribution in [-0.2, 0) is 14.0 Å². The summed E-state index contributed by atoms with van der Waals surface area (Å²) in [5.74, 6) is -0.553. The molecule has 0 radical (unpaired) electrons. The number of carbonyl (C=O) groups excluding carboxylic acids is 2. The maximum absolute atomic E-state index is 13.5. The average Bonchev–Trinajstić information content (AvgIpc) is 3.56. The van der Waals surface area contributed by atoms with E-state index in [1.807, 2.05) is 24.3 Å². The van der Waals surface area contributed by atoms with Crippen molar-refractivity contribution in [3.05, 3.63) is 120 Å². The van der Waals surface area contributed by atoms with Crippen LogP contribution in [0.4, 0.5) is 4.79 Å². The van der Waals surface area contributed by atoms with Crippen LogP contribution >= 0.6 is 0 Å². The second kappa shape index (κ2) is 22.8. The first-order valence-corrected chi connectivity index (χ1v) is 23.9. The standard InChI is InChI=1S/C50H68N2O5Si/c1-5-6-7-8-9-10-11-12-13-14-17-26-39(57-58(50(2,3)4,40-27-18-15-19-28-40)41-29-20-16-21-30-41)35-36-51-48(54)47(37-53)52-49(55)56-38-46-44-33-24-22-31-42(44)43-32-23-25-34-45(43)46/h15-16,18-25,27-34,39,46-47,53H,5-14,17,26,35-38H2,1-4H3,(H,51,54)(H,52,55)/t39?,47-/m0/s1. The van der Waals surface area contributed by atoms with Crippen molar-refractivity contribution in [3.8, 4) is 11.1 Å². The predicted molar refractivity (Wildman–Crippen MR) is 240 cm³/mol. The molecule has 0 heterocycles. The lowest BCUT2D eigenvalue weighted by Gasteiger charge is -2.45. The average molecular weight is 805 g/mol. The zero-order valence-corrected chi connectivity index (χ0v) is 36.5. The quantitative estimate of drug-likeness (QED) is 0.0484. The van der Waals surface area contributed by atoms with Crippen molar-refractivity contribution in [2.45, 2.75) is 134 Å². The van der Waals surface area contributed by atoms with E-state index in [1.54, 1.807) is 0 Å². The monoisotopic (exact) mass is 804 g/mol. The fraction of sp³-hybridized carbons (Fsp3) is 0.480. The Bertz CT molecular complexity index is 1740. The number of rotatable bonds is 24. The van der Waals surface area contributed by atoms with Crippen molar-refractivity contribution in [1.82, 2.24) is 10.6 Å². The van der Waals surface area contributed by atoms with Crippen LogP contribution in [0.5, 0.6) is 0 Å². The van der Waals surface area contributed by atoms with Crippen molar-refractivity contribution in [1.29, 1.82) is 0 Å². The van der Waals surface area contributed by atoms with E-state index < -0.39 is 33.0 Å². The van der Waals surface area contributed by atoms with Gasteiger partial charge in [-0.05, 0) is 50.5 Å². The highest BCUT2D eigenvalue weighted by Crippen LogP contribution is 2.44. The maximum atomic E-state index is 13.5. The number of aliphatic hydroxyl groups is 1. The van der Waals surface area contributed by atoms with Crippen LogP contribution in [-0.4, -0.2) is 57.3 Å². The second-order valence-electron chi connectivity index (χ2n) is 17.0. The largest absolute Gasteiger partial charge is 0.449 e. The van der Waals surface area contributed by atoms with Crippen LogP contribution in [0.15, 0.2) is 109 Å². The number of nitrogens with one attached hydrogen (secondary N) is 2. The minimum absolute atomic E-state index is 0.104. The van der Waals surface area contributed by atoms with Gasteiger partial charge in [0.15, 0.2) is 0 Å². The van der Waals surface area contributed by atoms with Crippen LogP contribution < -0.4 is 21.0 Å². The molecular weight excluding hydrogens is 737 g/mol. The van der Waals surface area contributed by atoms with Crippen LogP contribution in [0.25, 0.3) is 11.1 Å². The van der Waals surface area contributed by atoms with Crippen molar-refractivity contribution >= 4 is 30.7 Å². The predicted octanol–water partition coefficient (Wildman–Crippen LogP) is 10.0. The summed E-state index contributed by atoms with van der Waals surface area (Å²) in [6.45, 7) is 9.07. The van der Waals surface area contributed by atoms with E-state index in [2.05, 4.69) is 123 Å². The highest BCUT2D eigenvalue weighted by molar-refractivity contribution is 6.99. The van der Waals surface area contributed by atoms with Gasteiger partial charge >= 0.3 is 6.09 Å². The second-order valence-corrected chi connectivity index (χ2v) is 21.3. The molecule has 7 nitrogen and oxygen atoms in total. The van der Waals surface area contributed by atoms with Gasteiger partial charge in [-0.1, -0.05) is 208 Å². The molecule has 4 aromatic rings. The summed E-state index contributed by atoms with van der Waals surface area (Å²) < 4.78 is 13.3. The van der Waals surface area contributed by atoms with Crippen LogP contribution in [0, 0.1) is 0 Å². The molecule has 4 aromatic carbocycles. The number of amides is 2. The Morgan fingerprint density at radius 2 is 1.16 bits per heavy atom. The summed E-state index contributed by atoms with van der Waals surface area (Å²) in [6.07, 6.45) is 14.7. The number of carbonyl (C=O) groups is 2. The number of hydrogen-bond acceptors (Lipinski definition) is 5. The Morgan fingerprint density at radius 1 is 0.672 bits per heavy atom. The van der Waals surface area contributed by atoms with Gasteiger partial charge in [-0.15, -0.1) is 0 Å². The fourth-order valence-corrected chi connectivity index (χ4v) is 13.4. The molecule has 2 amide bonds. The third kappa shape index (κ3) is 11.9. The molecule has 0 saturated heterocycles. The van der Waals surface area contributed by atoms with Gasteiger partial charge in [0.25, 0.3) is 8.32 Å². The van der Waals surface area contributed by atoms with Gasteiger partial charge in [-0.2, -0.15) is 0 Å². The smallest absolute Gasteiger partial charge is 0.407 e. The van der Waals surface area contributed by atoms with E-state index in [4.69, 9.17) is 9.16 Å². The number of ether oxygens (including phenoxy) is 1. The topological polar surface area (TPSA) is 96.9 Å². The molecule has 1 unspecified atom stereocenters. The Kier molecular flexibility index (Phi) is 17.6. The zero-order valence-electron chi connectivity index (χ0n) is 35.5. The molecule has 0 saturated carbocycles. The fourth-order valence-electron chi connectivity index (χ4n) is 8.70. The van der Waals surface area contributed by atoms with Gasteiger partial charge in [0, 0.05) is 18.6 Å². The molecular formula is C50H68N2O5Si. The Morgan fingerprint density at radius 3 is 1.66 bits per heavy atom. The third-order valence-corrected chi connectivity index (χ3v) is 16.9. The number of hydrogen-bond donors (Lipinski definition) is 3. The summed E-state index contributed by atoms with van der Waals surface area (Å²) in [5, 5.41) is 18.1. The van der Waals surface area contributed by atoms with E-state index in [1.165, 1.54) is 68.2 Å². The summed E-state index contributed by atoms with van der Waals surface area (Å²) in [6, 6.07) is 36.6. The molecule has 8 heteroatoms. The Balaban J connectivity index is 1.20. The number of aliphatic hydroxyl groups excluding tert-OH is 1. The molecule has 0 aliphatic heterocycles. The first-order valence-electron chi connectivity index (χ1n) is 22.0. The van der Waals surface area contributed by atoms with E-state index in [0.717, 1.165) is 41.5 Å². The van der Waals surface area contributed by atoms with E-state index >= 15 is 0 Å². The first-order chi connectivity index (χ1) is 28.2. The normalized spacial score (nSPS) is 13.7. The molecule has 1 aliphatic rings. The summed E-state index contributed by atoms with van der Waals surface area (Å²) in [7, 11) is -2.83. The van der Waals surface area contributed by atoms with Gasteiger partial charge in [-0.3, -0.25) is 4.79 Å². The van der Waals surface area contributed by atoms with Crippen LogP contribution in [0.3, 0.4) is 0 Å². The van der Waals surface area contributed by atoms with Crippen LogP contribution in [0.2, 0.25) is 5.04 Å². The van der Waals surface area contributed by atoms with E-state index in [9.17, 15) is 14.7 Å². The number of benzene rings is 4. The number of fused-ring (bicyclic) bond motifs is 3. The van der Waals surface area contributed by atoms with Crippen molar-refractivity contribution in [2.24, 2.45) is 0 Å². The highest BCUT2D eigenvalue weighted by Gasteiger charge is 2.51. The molecule has 58 heavy (non-hydrogen) atoms. The van der Waals surface area contributed by atoms with Gasteiger partial charge < -0.3 is 24.9 Å². The van der Waals surface area contributed by atoms with Crippen molar-refractivity contribution in [3.63, 3.8) is 0 Å². The third-order valence-electron chi connectivity index (χ3n) is 11.8. The minimum atomic E-state index is -2.83. The maximum Gasteiger partial charge on any atom is 0.407 e. The SMILES string of the molecule is CCCCCCCCCCCCCC(CCNC(=O)[C@H](CO)NC(=O)OCC1c2ccccc2-c2ccccc21)O[Si](c1ccccc1)(c1ccccc1)C(C)(C)C. The van der Waals surface area contributed by atoms with Crippen molar-refractivity contribution in [2.75, 3.05) is 19.8 Å². The summed E-state index contributed by atoms with van der Waals surface area (Å²) in [4.78, 5) is 26.5. The Hall–Kier alpha value is -4.24. The van der Waals surface area contributed by atoms with E-state index in [-0.39, 0.29) is 23.7 Å². The van der Waals surface area contributed by atoms with Crippen LogP contribution in [0.1, 0.15) is 128 Å². The van der Waals surface area contributed by atoms with Gasteiger partial charge in [0.1, 0.15) is 12.6 Å². The number of alkyl carbamates (subject to hydrolysis) is 1. The molecule has 1 aliphatic carbocycles. The first kappa shape index (κ1) is 44.9. The lowest BCUT2D eigenvalue weighted by atomic mass is 9.98. The Labute approximate surface area is 349 Å².